The van der Waals surface area contributed by atoms with Gasteiger partial charge in [-0.15, -0.1) is 0 Å². The molecule has 2 rings (SSSR count). The van der Waals surface area contributed by atoms with Gasteiger partial charge in [0.25, 0.3) is 0 Å². The summed E-state index contributed by atoms with van der Waals surface area (Å²) in [6.45, 7) is 0. The first-order valence-electron chi connectivity index (χ1n) is 3.77. The monoisotopic (exact) mass is 208 g/mol. The lowest BCUT2D eigenvalue weighted by Crippen LogP contribution is -1.88. The molecule has 70 valence electrons. The number of hydrogen-bond acceptors (Lipinski definition) is 5. The van der Waals surface area contributed by atoms with E-state index >= 15 is 0 Å². The molecule has 0 unspecified atom stereocenters. The average Bonchev–Trinajstić information content (AvgIpc) is 2.19. The van der Waals surface area contributed by atoms with Crippen molar-refractivity contribution in [3.8, 4) is 0 Å². The number of aromatic nitrogens is 4. The summed E-state index contributed by atoms with van der Waals surface area (Å²) >= 11 is 1.19. The molecule has 4 nitrogen and oxygen atoms in total. The highest BCUT2D eigenvalue weighted by atomic mass is 32.2. The summed E-state index contributed by atoms with van der Waals surface area (Å²) in [6.07, 6.45) is 4.40. The molecule has 0 aliphatic rings. The summed E-state index contributed by atoms with van der Waals surface area (Å²) in [5.41, 5.74) is 0. The molecule has 0 fully saturated rings. The first-order valence-corrected chi connectivity index (χ1v) is 4.58. The molecule has 0 saturated heterocycles. The molecule has 0 saturated carbocycles. The molecule has 2 heterocycles. The van der Waals surface area contributed by atoms with Crippen LogP contribution in [0.15, 0.2) is 41.0 Å². The Kier molecular flexibility index (Phi) is 2.64. The minimum Gasteiger partial charge on any atom is -0.231 e. The Bertz CT molecular complexity index is 423. The molecule has 0 aromatic carbocycles. The molecule has 0 amide bonds. The van der Waals surface area contributed by atoms with E-state index in [9.17, 15) is 4.39 Å². The maximum Gasteiger partial charge on any atom is 0.217 e. The molecule has 2 aromatic heterocycles. The van der Waals surface area contributed by atoms with E-state index in [2.05, 4.69) is 19.9 Å². The average molecular weight is 208 g/mol. The van der Waals surface area contributed by atoms with Crippen LogP contribution in [-0.4, -0.2) is 19.9 Å². The van der Waals surface area contributed by atoms with Crippen molar-refractivity contribution in [3.05, 3.63) is 36.8 Å². The Morgan fingerprint density at radius 3 is 2.57 bits per heavy atom. The van der Waals surface area contributed by atoms with Crippen LogP contribution < -0.4 is 0 Å². The van der Waals surface area contributed by atoms with Gasteiger partial charge in [-0.1, -0.05) is 0 Å². The van der Waals surface area contributed by atoms with Crippen molar-refractivity contribution in [2.45, 2.75) is 10.2 Å². The first-order chi connectivity index (χ1) is 6.84. The molecule has 0 spiro atoms. The highest BCUT2D eigenvalue weighted by Gasteiger charge is 2.01. The van der Waals surface area contributed by atoms with Gasteiger partial charge < -0.3 is 0 Å². The van der Waals surface area contributed by atoms with Crippen molar-refractivity contribution in [3.63, 3.8) is 0 Å². The SMILES string of the molecule is Fc1cc(Sc2ncccn2)ncn1. The van der Waals surface area contributed by atoms with Crippen LogP contribution in [0.4, 0.5) is 4.39 Å². The van der Waals surface area contributed by atoms with Gasteiger partial charge in [0, 0.05) is 18.5 Å². The predicted molar refractivity (Wildman–Crippen MR) is 48.1 cm³/mol. The smallest absolute Gasteiger partial charge is 0.217 e. The second-order valence-electron chi connectivity index (χ2n) is 2.31. The van der Waals surface area contributed by atoms with Gasteiger partial charge in [-0.05, 0) is 17.8 Å². The zero-order valence-electron chi connectivity index (χ0n) is 6.96. The van der Waals surface area contributed by atoms with Crippen LogP contribution in [-0.2, 0) is 0 Å². The summed E-state index contributed by atoms with van der Waals surface area (Å²) in [5.74, 6) is -0.557. The van der Waals surface area contributed by atoms with Crippen LogP contribution in [0, 0.1) is 5.95 Å². The van der Waals surface area contributed by atoms with Crippen LogP contribution in [0.2, 0.25) is 0 Å². The summed E-state index contributed by atoms with van der Waals surface area (Å²) in [7, 11) is 0. The first kappa shape index (κ1) is 9.01. The number of rotatable bonds is 2. The molecule has 6 heteroatoms. The lowest BCUT2D eigenvalue weighted by molar-refractivity contribution is 0.572. The van der Waals surface area contributed by atoms with Crippen LogP contribution in [0.1, 0.15) is 0 Å². The fourth-order valence-corrected chi connectivity index (χ4v) is 1.48. The third kappa shape index (κ3) is 2.23. The molecular formula is C8H5FN4S. The second kappa shape index (κ2) is 4.10. The van der Waals surface area contributed by atoms with Crippen molar-refractivity contribution in [2.24, 2.45) is 0 Å². The zero-order valence-corrected chi connectivity index (χ0v) is 7.78. The Morgan fingerprint density at radius 1 is 1.07 bits per heavy atom. The Labute approximate surface area is 83.7 Å². The normalized spacial score (nSPS) is 10.1. The largest absolute Gasteiger partial charge is 0.231 e. The van der Waals surface area contributed by atoms with E-state index in [1.54, 1.807) is 18.5 Å². The van der Waals surface area contributed by atoms with Crippen LogP contribution >= 0.6 is 11.8 Å². The molecule has 0 aliphatic carbocycles. The van der Waals surface area contributed by atoms with Gasteiger partial charge in [-0.25, -0.2) is 19.9 Å². The third-order valence-corrected chi connectivity index (χ3v) is 2.17. The molecule has 14 heavy (non-hydrogen) atoms. The number of hydrogen-bond donors (Lipinski definition) is 0. The third-order valence-electron chi connectivity index (χ3n) is 1.35. The fraction of sp³-hybridized carbons (Fsp3) is 0. The van der Waals surface area contributed by atoms with Crippen molar-refractivity contribution in [1.82, 2.24) is 19.9 Å². The highest BCUT2D eigenvalue weighted by molar-refractivity contribution is 7.99. The molecule has 2 aromatic rings. The molecular weight excluding hydrogens is 203 g/mol. The minimum absolute atomic E-state index is 0.490. The number of halogens is 1. The van der Waals surface area contributed by atoms with Gasteiger partial charge in [-0.3, -0.25) is 0 Å². The topological polar surface area (TPSA) is 51.6 Å². The van der Waals surface area contributed by atoms with Crippen molar-refractivity contribution < 1.29 is 4.39 Å². The van der Waals surface area contributed by atoms with E-state index in [0.29, 0.717) is 10.2 Å². The molecule has 0 N–H and O–H groups in total. The van der Waals surface area contributed by atoms with E-state index in [1.807, 2.05) is 0 Å². The van der Waals surface area contributed by atoms with Crippen LogP contribution in [0.5, 0.6) is 0 Å². The minimum atomic E-state index is -0.557. The summed E-state index contributed by atoms with van der Waals surface area (Å²) < 4.78 is 12.7. The molecule has 0 bridgehead atoms. The Morgan fingerprint density at radius 2 is 1.86 bits per heavy atom. The molecule has 0 radical (unpaired) electrons. The van der Waals surface area contributed by atoms with E-state index < -0.39 is 5.95 Å². The standard InChI is InChI=1S/C8H5FN4S/c9-6-4-7(13-5-12-6)14-8-10-2-1-3-11-8/h1-5H. The quantitative estimate of drug-likeness (QED) is 0.553. The Hall–Kier alpha value is -1.56. The fourth-order valence-electron chi connectivity index (χ4n) is 0.805. The van der Waals surface area contributed by atoms with Gasteiger partial charge in [0.2, 0.25) is 5.95 Å². The summed E-state index contributed by atoms with van der Waals surface area (Å²) in [6, 6.07) is 2.95. The van der Waals surface area contributed by atoms with E-state index in [4.69, 9.17) is 0 Å². The maximum atomic E-state index is 12.7. The van der Waals surface area contributed by atoms with Gasteiger partial charge >= 0.3 is 0 Å². The zero-order chi connectivity index (χ0) is 9.80. The second-order valence-corrected chi connectivity index (χ2v) is 3.30. The summed E-state index contributed by atoms with van der Waals surface area (Å²) in [5, 5.41) is 1.02. The number of nitrogens with zero attached hydrogens (tertiary/aromatic N) is 4. The van der Waals surface area contributed by atoms with E-state index in [1.165, 1.54) is 24.2 Å². The van der Waals surface area contributed by atoms with Crippen LogP contribution in [0.25, 0.3) is 0 Å². The maximum absolute atomic E-state index is 12.7. The van der Waals surface area contributed by atoms with Crippen molar-refractivity contribution >= 4 is 11.8 Å². The van der Waals surface area contributed by atoms with Gasteiger partial charge in [0.1, 0.15) is 11.4 Å². The predicted octanol–water partition coefficient (Wildman–Crippen LogP) is 1.56. The van der Waals surface area contributed by atoms with E-state index in [0.717, 1.165) is 0 Å². The van der Waals surface area contributed by atoms with Gasteiger partial charge in [0.05, 0.1) is 0 Å². The van der Waals surface area contributed by atoms with Gasteiger partial charge in [0.15, 0.2) is 5.16 Å². The van der Waals surface area contributed by atoms with Crippen LogP contribution in [0.3, 0.4) is 0 Å². The van der Waals surface area contributed by atoms with E-state index in [-0.39, 0.29) is 0 Å². The van der Waals surface area contributed by atoms with Gasteiger partial charge in [-0.2, -0.15) is 4.39 Å². The van der Waals surface area contributed by atoms with Crippen molar-refractivity contribution in [1.29, 1.82) is 0 Å². The lowest BCUT2D eigenvalue weighted by Gasteiger charge is -1.96. The molecule has 0 aliphatic heterocycles. The Balaban J connectivity index is 2.19. The summed E-state index contributed by atoms with van der Waals surface area (Å²) in [4.78, 5) is 15.2. The highest BCUT2D eigenvalue weighted by Crippen LogP contribution is 2.20. The molecule has 0 atom stereocenters. The lowest BCUT2D eigenvalue weighted by atomic mass is 10.7. The van der Waals surface area contributed by atoms with Crippen molar-refractivity contribution in [2.75, 3.05) is 0 Å².